The summed E-state index contributed by atoms with van der Waals surface area (Å²) in [5.74, 6) is 0.180. The number of hydrogen-bond acceptors (Lipinski definition) is 3. The van der Waals surface area contributed by atoms with Crippen molar-refractivity contribution in [3.63, 3.8) is 0 Å². The molecule has 154 valence electrons. The summed E-state index contributed by atoms with van der Waals surface area (Å²) < 4.78 is 7.38. The summed E-state index contributed by atoms with van der Waals surface area (Å²) in [7, 11) is 0. The van der Waals surface area contributed by atoms with Crippen LogP contribution < -0.4 is 5.32 Å². The molecular formula is C25H20ClN3O2. The smallest absolute Gasteiger partial charge is 0.262 e. The predicted molar refractivity (Wildman–Crippen MR) is 121 cm³/mol. The van der Waals surface area contributed by atoms with Gasteiger partial charge in [-0.1, -0.05) is 48.0 Å². The number of nitriles is 1. The molecule has 0 aliphatic rings. The number of carbonyl (C=O) groups excluding carboxylic acids is 1. The van der Waals surface area contributed by atoms with Crippen LogP contribution in [0.2, 0.25) is 5.02 Å². The molecule has 0 unspecified atom stereocenters. The van der Waals surface area contributed by atoms with E-state index in [0.717, 1.165) is 27.7 Å². The topological polar surface area (TPSA) is 71.0 Å². The van der Waals surface area contributed by atoms with Crippen molar-refractivity contribution in [3.8, 4) is 6.07 Å². The Morgan fingerprint density at radius 1 is 1.16 bits per heavy atom. The number of nitrogens with zero attached hydrogens (tertiary/aromatic N) is 2. The normalized spacial score (nSPS) is 11.5. The van der Waals surface area contributed by atoms with Crippen LogP contribution in [0.1, 0.15) is 22.6 Å². The summed E-state index contributed by atoms with van der Waals surface area (Å²) in [6.07, 6.45) is 3.19. The Hall–Kier alpha value is -3.75. The molecule has 4 aromatic rings. The van der Waals surface area contributed by atoms with Crippen LogP contribution >= 0.6 is 11.6 Å². The molecule has 0 aliphatic carbocycles. The highest BCUT2D eigenvalue weighted by atomic mass is 35.5. The Labute approximate surface area is 185 Å². The van der Waals surface area contributed by atoms with Crippen molar-refractivity contribution in [1.29, 1.82) is 5.26 Å². The maximum atomic E-state index is 12.6. The van der Waals surface area contributed by atoms with Gasteiger partial charge in [0.15, 0.2) is 0 Å². The van der Waals surface area contributed by atoms with Gasteiger partial charge in [-0.2, -0.15) is 5.26 Å². The zero-order chi connectivity index (χ0) is 21.8. The fraction of sp³-hybridized carbons (Fsp3) is 0.120. The van der Waals surface area contributed by atoms with Crippen LogP contribution in [0.15, 0.2) is 76.9 Å². The van der Waals surface area contributed by atoms with Gasteiger partial charge in [0.2, 0.25) is 0 Å². The van der Waals surface area contributed by atoms with Gasteiger partial charge >= 0.3 is 0 Å². The highest BCUT2D eigenvalue weighted by molar-refractivity contribution is 6.31. The van der Waals surface area contributed by atoms with Crippen molar-refractivity contribution >= 4 is 34.5 Å². The number of furan rings is 1. The number of benzene rings is 2. The molecule has 0 bridgehead atoms. The summed E-state index contributed by atoms with van der Waals surface area (Å²) in [6, 6.07) is 21.2. The molecule has 2 aromatic carbocycles. The molecule has 0 saturated heterocycles. The Bertz CT molecular complexity index is 1310. The van der Waals surface area contributed by atoms with E-state index in [9.17, 15) is 10.1 Å². The highest BCUT2D eigenvalue weighted by Crippen LogP contribution is 2.30. The van der Waals surface area contributed by atoms with E-state index in [1.807, 2.05) is 61.5 Å². The number of nitrogens with one attached hydrogen (secondary N) is 1. The second kappa shape index (κ2) is 8.95. The molecule has 4 rings (SSSR count). The van der Waals surface area contributed by atoms with Crippen molar-refractivity contribution in [1.82, 2.24) is 9.88 Å². The monoisotopic (exact) mass is 429 g/mol. The molecule has 0 radical (unpaired) electrons. The summed E-state index contributed by atoms with van der Waals surface area (Å²) in [5.41, 5.74) is 3.84. The summed E-state index contributed by atoms with van der Waals surface area (Å²) in [6.45, 7) is 2.79. The molecule has 0 aliphatic heterocycles. The zero-order valence-electron chi connectivity index (χ0n) is 16.9. The number of halogens is 1. The zero-order valence-corrected chi connectivity index (χ0v) is 17.7. The van der Waals surface area contributed by atoms with Crippen molar-refractivity contribution in [2.45, 2.75) is 20.0 Å². The number of aromatic nitrogens is 1. The van der Waals surface area contributed by atoms with Crippen molar-refractivity contribution in [2.24, 2.45) is 0 Å². The number of carbonyl (C=O) groups is 1. The number of para-hydroxylation sites is 1. The molecule has 0 spiro atoms. The first kappa shape index (κ1) is 20.5. The summed E-state index contributed by atoms with van der Waals surface area (Å²) in [4.78, 5) is 12.6. The average molecular weight is 430 g/mol. The molecular weight excluding hydrogens is 410 g/mol. The van der Waals surface area contributed by atoms with Crippen LogP contribution in [0, 0.1) is 18.3 Å². The van der Waals surface area contributed by atoms with Crippen molar-refractivity contribution < 1.29 is 9.21 Å². The van der Waals surface area contributed by atoms with Crippen LogP contribution in [0.3, 0.4) is 0 Å². The lowest BCUT2D eigenvalue weighted by atomic mass is 10.1. The molecule has 1 N–H and O–H groups in total. The molecule has 1 amide bonds. The minimum absolute atomic E-state index is 0.0373. The van der Waals surface area contributed by atoms with E-state index in [-0.39, 0.29) is 12.1 Å². The molecule has 31 heavy (non-hydrogen) atoms. The lowest BCUT2D eigenvalue weighted by molar-refractivity contribution is -0.117. The van der Waals surface area contributed by atoms with Gasteiger partial charge in [0.25, 0.3) is 5.91 Å². The van der Waals surface area contributed by atoms with Crippen molar-refractivity contribution in [2.75, 3.05) is 0 Å². The first-order chi connectivity index (χ1) is 15.1. The van der Waals surface area contributed by atoms with E-state index in [2.05, 4.69) is 9.88 Å². The van der Waals surface area contributed by atoms with Gasteiger partial charge in [0, 0.05) is 33.7 Å². The largest absolute Gasteiger partial charge is 0.467 e. The molecule has 2 heterocycles. The third kappa shape index (κ3) is 4.25. The van der Waals surface area contributed by atoms with Crippen LogP contribution in [-0.2, 0) is 17.9 Å². The third-order valence-corrected chi connectivity index (χ3v) is 5.59. The molecule has 2 aromatic heterocycles. The SMILES string of the molecule is Cc1c(/C=C(/C#N)C(=O)NCc2ccco2)c2ccccc2n1Cc1ccccc1Cl. The first-order valence-electron chi connectivity index (χ1n) is 9.82. The maximum absolute atomic E-state index is 12.6. The predicted octanol–water partition coefficient (Wildman–Crippen LogP) is 5.47. The van der Waals surface area contributed by atoms with E-state index < -0.39 is 5.91 Å². The van der Waals surface area contributed by atoms with Gasteiger partial charge in [-0.05, 0) is 42.8 Å². The second-order valence-electron chi connectivity index (χ2n) is 7.13. The minimum atomic E-state index is -0.443. The molecule has 6 heteroatoms. The van der Waals surface area contributed by atoms with Gasteiger partial charge in [-0.3, -0.25) is 4.79 Å². The van der Waals surface area contributed by atoms with Gasteiger partial charge in [-0.25, -0.2) is 0 Å². The van der Waals surface area contributed by atoms with E-state index in [1.54, 1.807) is 24.5 Å². The lowest BCUT2D eigenvalue weighted by Crippen LogP contribution is -2.23. The van der Waals surface area contributed by atoms with Gasteiger partial charge in [0.1, 0.15) is 17.4 Å². The van der Waals surface area contributed by atoms with Crippen LogP contribution in [0.4, 0.5) is 0 Å². The fourth-order valence-corrected chi connectivity index (χ4v) is 3.80. The quantitative estimate of drug-likeness (QED) is 0.326. The number of fused-ring (bicyclic) bond motifs is 1. The molecule has 5 nitrogen and oxygen atoms in total. The molecule has 0 atom stereocenters. The van der Waals surface area contributed by atoms with E-state index >= 15 is 0 Å². The Morgan fingerprint density at radius 3 is 2.68 bits per heavy atom. The number of amides is 1. The average Bonchev–Trinajstić information content (AvgIpc) is 3.39. The maximum Gasteiger partial charge on any atom is 0.262 e. The van der Waals surface area contributed by atoms with Gasteiger partial charge in [-0.15, -0.1) is 0 Å². The number of hydrogen-bond donors (Lipinski definition) is 1. The molecule has 0 fully saturated rings. The number of rotatable bonds is 6. The molecule has 0 saturated carbocycles. The van der Waals surface area contributed by atoms with Crippen LogP contribution in [0.5, 0.6) is 0 Å². The van der Waals surface area contributed by atoms with Gasteiger partial charge in [0.05, 0.1) is 12.8 Å². The Morgan fingerprint density at radius 2 is 1.94 bits per heavy atom. The summed E-state index contributed by atoms with van der Waals surface area (Å²) in [5, 5.41) is 14.0. The van der Waals surface area contributed by atoms with Crippen LogP contribution in [-0.4, -0.2) is 10.5 Å². The fourth-order valence-electron chi connectivity index (χ4n) is 3.61. The van der Waals surface area contributed by atoms with E-state index in [0.29, 0.717) is 17.3 Å². The standard InChI is InChI=1S/C25H20ClN3O2/c1-17-22(13-19(14-27)25(30)28-15-20-8-6-12-31-20)21-9-3-5-11-24(21)29(17)16-18-7-2-4-10-23(18)26/h2-13H,15-16H2,1H3,(H,28,30)/b19-13-. The Kier molecular flexibility index (Phi) is 5.92. The van der Waals surface area contributed by atoms with E-state index in [1.165, 1.54) is 0 Å². The lowest BCUT2D eigenvalue weighted by Gasteiger charge is -2.10. The first-order valence-corrected chi connectivity index (χ1v) is 10.2. The van der Waals surface area contributed by atoms with Crippen molar-refractivity contribution in [3.05, 3.63) is 100 Å². The third-order valence-electron chi connectivity index (χ3n) is 5.22. The van der Waals surface area contributed by atoms with Gasteiger partial charge < -0.3 is 14.3 Å². The minimum Gasteiger partial charge on any atom is -0.467 e. The second-order valence-corrected chi connectivity index (χ2v) is 7.53. The van der Waals surface area contributed by atoms with Crippen LogP contribution in [0.25, 0.3) is 17.0 Å². The summed E-state index contributed by atoms with van der Waals surface area (Å²) >= 11 is 6.38. The highest BCUT2D eigenvalue weighted by Gasteiger charge is 2.16. The van der Waals surface area contributed by atoms with E-state index in [4.69, 9.17) is 16.0 Å². The Balaban J connectivity index is 1.71.